The second kappa shape index (κ2) is 6.48. The molecule has 2 aromatic carbocycles. The normalized spacial score (nSPS) is 12.5. The van der Waals surface area contributed by atoms with Crippen molar-refractivity contribution in [2.75, 3.05) is 7.11 Å². The lowest BCUT2D eigenvalue weighted by atomic mass is 9.98. The van der Waals surface area contributed by atoms with Crippen molar-refractivity contribution in [3.8, 4) is 0 Å². The highest BCUT2D eigenvalue weighted by Crippen LogP contribution is 2.19. The Morgan fingerprint density at radius 3 is 2.68 bits per heavy atom. The van der Waals surface area contributed by atoms with Crippen LogP contribution in [0.2, 0.25) is 0 Å². The second-order valence-electron chi connectivity index (χ2n) is 4.94. The number of ether oxygens (including phenoxy) is 1. The molecule has 2 aromatic rings. The highest BCUT2D eigenvalue weighted by atomic mass is 16.5. The van der Waals surface area contributed by atoms with E-state index in [0.29, 0.717) is 12.8 Å². The molecule has 0 bridgehead atoms. The summed E-state index contributed by atoms with van der Waals surface area (Å²) in [6, 6.07) is 14.3. The van der Waals surface area contributed by atoms with Gasteiger partial charge < -0.3 is 4.74 Å². The van der Waals surface area contributed by atoms with E-state index in [1.54, 1.807) is 7.11 Å². The van der Waals surface area contributed by atoms with Crippen LogP contribution in [-0.2, 0) is 16.0 Å². The molecule has 0 saturated heterocycles. The highest BCUT2D eigenvalue weighted by Gasteiger charge is 2.09. The molecule has 0 saturated carbocycles. The number of hydrogen-bond acceptors (Lipinski definition) is 2. The summed E-state index contributed by atoms with van der Waals surface area (Å²) in [5, 5.41) is 2.37. The van der Waals surface area contributed by atoms with E-state index in [1.807, 2.05) is 31.2 Å². The number of methoxy groups -OCH3 is 1. The molecule has 1 atom stereocenters. The molecule has 100 valence electrons. The number of carbonyl (C=O) groups is 1. The molecule has 0 spiro atoms. The number of carbonyl (C=O) groups excluding carboxylic acids is 1. The highest BCUT2D eigenvalue weighted by molar-refractivity contribution is 5.90. The number of Topliss-reactive ketones (excluding diaryl/α,β-unsaturated/α-hetero) is 1. The van der Waals surface area contributed by atoms with Crippen LogP contribution in [0.25, 0.3) is 10.8 Å². The molecule has 0 aromatic heterocycles. The van der Waals surface area contributed by atoms with Crippen molar-refractivity contribution in [2.45, 2.75) is 32.3 Å². The Morgan fingerprint density at radius 2 is 1.89 bits per heavy atom. The van der Waals surface area contributed by atoms with Crippen LogP contribution in [0.15, 0.2) is 42.5 Å². The minimum Gasteiger partial charge on any atom is -0.382 e. The summed E-state index contributed by atoms with van der Waals surface area (Å²) >= 11 is 0. The monoisotopic (exact) mass is 256 g/mol. The van der Waals surface area contributed by atoms with Crippen LogP contribution in [-0.4, -0.2) is 19.0 Å². The molecule has 2 rings (SSSR count). The van der Waals surface area contributed by atoms with Crippen molar-refractivity contribution in [1.29, 1.82) is 0 Å². The van der Waals surface area contributed by atoms with Gasteiger partial charge in [-0.15, -0.1) is 0 Å². The fraction of sp³-hybridized carbons (Fsp3) is 0.353. The van der Waals surface area contributed by atoms with Gasteiger partial charge in [0.15, 0.2) is 0 Å². The van der Waals surface area contributed by atoms with Crippen molar-refractivity contribution in [2.24, 2.45) is 0 Å². The van der Waals surface area contributed by atoms with E-state index >= 15 is 0 Å². The molecule has 0 aliphatic rings. The molecule has 2 nitrogen and oxygen atoms in total. The van der Waals surface area contributed by atoms with Crippen LogP contribution >= 0.6 is 0 Å². The Balaban J connectivity index is 2.07. The van der Waals surface area contributed by atoms with Gasteiger partial charge in [0, 0.05) is 20.0 Å². The van der Waals surface area contributed by atoms with Gasteiger partial charge in [0.05, 0.1) is 6.10 Å². The number of fused-ring (bicyclic) bond motifs is 1. The third kappa shape index (κ3) is 3.65. The molecule has 19 heavy (non-hydrogen) atoms. The summed E-state index contributed by atoms with van der Waals surface area (Å²) < 4.78 is 5.17. The average molecular weight is 256 g/mol. The minimum atomic E-state index is 0.150. The number of ketones is 1. The maximum absolute atomic E-state index is 12.0. The molecule has 2 heteroatoms. The molecule has 0 fully saturated rings. The Bertz CT molecular complexity index is 555. The molecule has 0 aliphatic heterocycles. The first-order valence-electron chi connectivity index (χ1n) is 6.72. The number of benzene rings is 2. The van der Waals surface area contributed by atoms with Gasteiger partial charge in [0.25, 0.3) is 0 Å². The summed E-state index contributed by atoms with van der Waals surface area (Å²) in [4.78, 5) is 12.0. The van der Waals surface area contributed by atoms with Gasteiger partial charge >= 0.3 is 0 Å². The van der Waals surface area contributed by atoms with Crippen molar-refractivity contribution >= 4 is 16.6 Å². The predicted octanol–water partition coefficient (Wildman–Crippen LogP) is 3.77. The lowest BCUT2D eigenvalue weighted by Gasteiger charge is -2.09. The van der Waals surface area contributed by atoms with Crippen LogP contribution in [0.1, 0.15) is 25.3 Å². The van der Waals surface area contributed by atoms with Crippen LogP contribution in [0.4, 0.5) is 0 Å². The minimum absolute atomic E-state index is 0.150. The molecule has 0 heterocycles. The van der Waals surface area contributed by atoms with Crippen molar-refractivity contribution in [3.05, 3.63) is 48.0 Å². The maximum atomic E-state index is 12.0. The van der Waals surface area contributed by atoms with Gasteiger partial charge in [-0.2, -0.15) is 0 Å². The lowest BCUT2D eigenvalue weighted by Crippen LogP contribution is -2.10. The summed E-state index contributed by atoms with van der Waals surface area (Å²) in [6.07, 6.45) is 2.03. The topological polar surface area (TPSA) is 26.3 Å². The first-order chi connectivity index (χ1) is 9.20. The third-order valence-corrected chi connectivity index (χ3v) is 3.50. The molecule has 0 amide bonds. The molecular formula is C17H20O2. The van der Waals surface area contributed by atoms with E-state index in [1.165, 1.54) is 10.8 Å². The Morgan fingerprint density at radius 1 is 1.16 bits per heavy atom. The van der Waals surface area contributed by atoms with E-state index in [9.17, 15) is 4.79 Å². The standard InChI is InChI=1S/C17H20O2/c1-13(19-2)10-11-16(18)12-15-8-5-7-14-6-3-4-9-17(14)15/h3-9,13H,10-12H2,1-2H3. The van der Waals surface area contributed by atoms with Gasteiger partial charge in [-0.25, -0.2) is 0 Å². The lowest BCUT2D eigenvalue weighted by molar-refractivity contribution is -0.119. The Hall–Kier alpha value is -1.67. The SMILES string of the molecule is COC(C)CCC(=O)Cc1cccc2ccccc12. The predicted molar refractivity (Wildman–Crippen MR) is 78.4 cm³/mol. The molecule has 0 aliphatic carbocycles. The van der Waals surface area contributed by atoms with Gasteiger partial charge in [0.1, 0.15) is 5.78 Å². The van der Waals surface area contributed by atoms with Crippen molar-refractivity contribution in [3.63, 3.8) is 0 Å². The molecule has 1 unspecified atom stereocenters. The molecule has 0 N–H and O–H groups in total. The van der Waals surface area contributed by atoms with E-state index in [4.69, 9.17) is 4.74 Å². The molecular weight excluding hydrogens is 236 g/mol. The molecule has 0 radical (unpaired) electrons. The third-order valence-electron chi connectivity index (χ3n) is 3.50. The van der Waals surface area contributed by atoms with Crippen molar-refractivity contribution < 1.29 is 9.53 Å². The van der Waals surface area contributed by atoms with Crippen LogP contribution in [0.5, 0.6) is 0 Å². The van der Waals surface area contributed by atoms with E-state index in [2.05, 4.69) is 18.2 Å². The number of hydrogen-bond donors (Lipinski definition) is 0. The zero-order valence-corrected chi connectivity index (χ0v) is 11.6. The van der Waals surface area contributed by atoms with Crippen LogP contribution < -0.4 is 0 Å². The fourth-order valence-corrected chi connectivity index (χ4v) is 2.23. The first-order valence-corrected chi connectivity index (χ1v) is 6.72. The zero-order chi connectivity index (χ0) is 13.7. The quantitative estimate of drug-likeness (QED) is 0.786. The van der Waals surface area contributed by atoms with Gasteiger partial charge in [-0.05, 0) is 29.7 Å². The van der Waals surface area contributed by atoms with Crippen molar-refractivity contribution in [1.82, 2.24) is 0 Å². The summed E-state index contributed by atoms with van der Waals surface area (Å²) in [7, 11) is 1.68. The maximum Gasteiger partial charge on any atom is 0.137 e. The largest absolute Gasteiger partial charge is 0.382 e. The van der Waals surface area contributed by atoms with Gasteiger partial charge in [-0.3, -0.25) is 4.79 Å². The first kappa shape index (κ1) is 13.8. The van der Waals surface area contributed by atoms with Gasteiger partial charge in [0.2, 0.25) is 0 Å². The summed E-state index contributed by atoms with van der Waals surface area (Å²) in [5.41, 5.74) is 1.12. The number of rotatable bonds is 6. The Kier molecular flexibility index (Phi) is 4.69. The smallest absolute Gasteiger partial charge is 0.137 e. The Labute approximate surface area is 114 Å². The van der Waals surface area contributed by atoms with E-state index < -0.39 is 0 Å². The van der Waals surface area contributed by atoms with Crippen LogP contribution in [0.3, 0.4) is 0 Å². The van der Waals surface area contributed by atoms with Crippen LogP contribution in [0, 0.1) is 0 Å². The zero-order valence-electron chi connectivity index (χ0n) is 11.6. The average Bonchev–Trinajstić information content (AvgIpc) is 2.45. The fourth-order valence-electron chi connectivity index (χ4n) is 2.23. The van der Waals surface area contributed by atoms with E-state index in [0.717, 1.165) is 12.0 Å². The second-order valence-corrected chi connectivity index (χ2v) is 4.94. The summed E-state index contributed by atoms with van der Waals surface area (Å²) in [6.45, 7) is 1.99. The van der Waals surface area contributed by atoms with Gasteiger partial charge in [-0.1, -0.05) is 42.5 Å². The summed E-state index contributed by atoms with van der Waals surface area (Å²) in [5.74, 6) is 0.278. The van der Waals surface area contributed by atoms with E-state index in [-0.39, 0.29) is 11.9 Å².